The molecule has 0 saturated heterocycles. The van der Waals surface area contributed by atoms with E-state index in [4.69, 9.17) is 9.90 Å². The van der Waals surface area contributed by atoms with E-state index in [9.17, 15) is 36.3 Å². The molecule has 0 fully saturated rings. The van der Waals surface area contributed by atoms with Crippen molar-refractivity contribution in [1.29, 1.82) is 0 Å². The average Bonchev–Trinajstić information content (AvgIpc) is 2.78. The van der Waals surface area contributed by atoms with E-state index >= 15 is 0 Å². The molecule has 0 unspecified atom stereocenters. The van der Waals surface area contributed by atoms with Crippen LogP contribution in [0.2, 0.25) is 0 Å². The number of benzene rings is 2. The summed E-state index contributed by atoms with van der Waals surface area (Å²) in [5.41, 5.74) is 1.18. The highest BCUT2D eigenvalue weighted by Crippen LogP contribution is 2.27. The number of carbonyl (C=O) groups is 3. The standard InChI is InChI=1S/C21H26N2O5S.C2HF3O2/c1-4-12-23(13-5-2)20-11-8-17(14-19(20)21(25)26)22-29(27,28)18-9-6-16(7-10-18)15(3)24;3-2(4,5)1(6)7/h6-11,14,22H,4-5,12-13H2,1-3H3,(H,25,26);(H,6,7). The summed E-state index contributed by atoms with van der Waals surface area (Å²) in [5.74, 6) is -4.04. The van der Waals surface area contributed by atoms with Crippen molar-refractivity contribution < 1.29 is 46.2 Å². The summed E-state index contributed by atoms with van der Waals surface area (Å²) in [4.78, 5) is 34.0. The Morgan fingerprint density at radius 2 is 1.44 bits per heavy atom. The number of hydrogen-bond donors (Lipinski definition) is 3. The van der Waals surface area contributed by atoms with Gasteiger partial charge in [-0.2, -0.15) is 13.2 Å². The lowest BCUT2D eigenvalue weighted by Gasteiger charge is -2.25. The van der Waals surface area contributed by atoms with Gasteiger partial charge in [-0.05, 0) is 50.1 Å². The third-order valence-electron chi connectivity index (χ3n) is 4.62. The summed E-state index contributed by atoms with van der Waals surface area (Å²) in [6.07, 6.45) is -3.35. The minimum atomic E-state index is -5.08. The lowest BCUT2D eigenvalue weighted by molar-refractivity contribution is -0.192. The van der Waals surface area contributed by atoms with Crippen molar-refractivity contribution in [2.45, 2.75) is 44.7 Å². The highest BCUT2D eigenvalue weighted by Gasteiger charge is 2.38. The maximum absolute atomic E-state index is 12.6. The van der Waals surface area contributed by atoms with Gasteiger partial charge in [0.15, 0.2) is 5.78 Å². The Morgan fingerprint density at radius 3 is 1.83 bits per heavy atom. The quantitative estimate of drug-likeness (QED) is 0.376. The molecule has 0 heterocycles. The van der Waals surface area contributed by atoms with Crippen molar-refractivity contribution in [3.8, 4) is 0 Å². The van der Waals surface area contributed by atoms with Gasteiger partial charge in [0.1, 0.15) is 0 Å². The minimum absolute atomic E-state index is 0.0120. The van der Waals surface area contributed by atoms with E-state index in [1.807, 2.05) is 18.7 Å². The summed E-state index contributed by atoms with van der Waals surface area (Å²) in [6.45, 7) is 6.85. The first-order valence-corrected chi connectivity index (χ1v) is 12.2. The Bertz CT molecular complexity index is 1180. The lowest BCUT2D eigenvalue weighted by atomic mass is 10.1. The molecule has 36 heavy (non-hydrogen) atoms. The maximum atomic E-state index is 12.6. The number of carboxylic acids is 2. The molecule has 2 rings (SSSR count). The SMILES string of the molecule is CCCN(CCC)c1ccc(NS(=O)(=O)c2ccc(C(C)=O)cc2)cc1C(=O)O.O=C(O)C(F)(F)F. The number of sulfonamides is 1. The maximum Gasteiger partial charge on any atom is 0.490 e. The number of nitrogens with one attached hydrogen (secondary N) is 1. The number of ketones is 1. The average molecular weight is 533 g/mol. The second-order valence-corrected chi connectivity index (χ2v) is 9.20. The molecule has 0 amide bonds. The van der Waals surface area contributed by atoms with Crippen molar-refractivity contribution in [3.63, 3.8) is 0 Å². The minimum Gasteiger partial charge on any atom is -0.478 e. The summed E-state index contributed by atoms with van der Waals surface area (Å²) < 4.78 is 59.4. The van der Waals surface area contributed by atoms with Gasteiger partial charge in [-0.25, -0.2) is 18.0 Å². The van der Waals surface area contributed by atoms with Gasteiger partial charge >= 0.3 is 18.1 Å². The van der Waals surface area contributed by atoms with Crippen LogP contribution in [-0.4, -0.2) is 55.6 Å². The molecule has 0 saturated carbocycles. The summed E-state index contributed by atoms with van der Waals surface area (Å²) >= 11 is 0. The van der Waals surface area contributed by atoms with Crippen molar-refractivity contribution in [3.05, 3.63) is 53.6 Å². The molecule has 0 aliphatic rings. The zero-order chi connectivity index (χ0) is 27.7. The van der Waals surface area contributed by atoms with Crippen LogP contribution in [0.15, 0.2) is 47.4 Å². The molecular weight excluding hydrogens is 505 g/mol. The van der Waals surface area contributed by atoms with E-state index in [1.165, 1.54) is 37.3 Å². The third kappa shape index (κ3) is 8.87. The van der Waals surface area contributed by atoms with Crippen LogP contribution in [0.5, 0.6) is 0 Å². The van der Waals surface area contributed by atoms with Crippen LogP contribution in [0.4, 0.5) is 24.5 Å². The highest BCUT2D eigenvalue weighted by atomic mass is 32.2. The van der Waals surface area contributed by atoms with E-state index < -0.39 is 28.1 Å². The molecule has 0 atom stereocenters. The zero-order valence-corrected chi connectivity index (χ0v) is 20.6. The van der Waals surface area contributed by atoms with Crippen molar-refractivity contribution >= 4 is 39.1 Å². The normalized spacial score (nSPS) is 11.2. The fourth-order valence-corrected chi connectivity index (χ4v) is 4.07. The number of hydrogen-bond acceptors (Lipinski definition) is 6. The molecule has 3 N–H and O–H groups in total. The third-order valence-corrected chi connectivity index (χ3v) is 6.02. The van der Waals surface area contributed by atoms with Crippen molar-refractivity contribution in [2.24, 2.45) is 0 Å². The van der Waals surface area contributed by atoms with Gasteiger partial charge in [0.25, 0.3) is 10.0 Å². The van der Waals surface area contributed by atoms with Crippen molar-refractivity contribution in [2.75, 3.05) is 22.7 Å². The number of rotatable bonds is 10. The summed E-state index contributed by atoms with van der Waals surface area (Å²) in [6, 6.07) is 10.1. The fourth-order valence-electron chi connectivity index (χ4n) is 3.02. The topological polar surface area (TPSA) is 141 Å². The number of carbonyl (C=O) groups excluding carboxylic acids is 1. The number of nitrogens with zero attached hydrogens (tertiary/aromatic N) is 1. The molecule has 13 heteroatoms. The summed E-state index contributed by atoms with van der Waals surface area (Å²) in [7, 11) is -3.92. The fraction of sp³-hybridized carbons (Fsp3) is 0.348. The molecule has 0 radical (unpaired) electrons. The van der Waals surface area contributed by atoms with Crippen LogP contribution in [0.25, 0.3) is 0 Å². The number of halogens is 3. The molecule has 0 bridgehead atoms. The Labute approximate surface area is 206 Å². The van der Waals surface area contributed by atoms with E-state index in [-0.39, 0.29) is 21.9 Å². The predicted molar refractivity (Wildman–Crippen MR) is 127 cm³/mol. The number of anilines is 2. The van der Waals surface area contributed by atoms with Crippen LogP contribution < -0.4 is 9.62 Å². The van der Waals surface area contributed by atoms with Gasteiger partial charge in [-0.3, -0.25) is 9.52 Å². The van der Waals surface area contributed by atoms with Crippen LogP contribution in [0.1, 0.15) is 54.3 Å². The van der Waals surface area contributed by atoms with E-state index in [1.54, 1.807) is 12.1 Å². The first-order valence-electron chi connectivity index (χ1n) is 10.7. The lowest BCUT2D eigenvalue weighted by Crippen LogP contribution is -2.27. The second kappa shape index (κ2) is 12.9. The smallest absolute Gasteiger partial charge is 0.478 e. The monoisotopic (exact) mass is 532 g/mol. The molecule has 0 aliphatic heterocycles. The van der Waals surface area contributed by atoms with E-state index in [0.29, 0.717) is 24.3 Å². The van der Waals surface area contributed by atoms with Gasteiger partial charge in [0, 0.05) is 24.3 Å². The van der Waals surface area contributed by atoms with Crippen LogP contribution in [-0.2, 0) is 14.8 Å². The number of Topliss-reactive ketones (excluding diaryl/α,β-unsaturated/α-hetero) is 1. The van der Waals surface area contributed by atoms with Crippen LogP contribution in [0, 0.1) is 0 Å². The van der Waals surface area contributed by atoms with Gasteiger partial charge in [-0.15, -0.1) is 0 Å². The van der Waals surface area contributed by atoms with E-state index in [0.717, 1.165) is 12.8 Å². The van der Waals surface area contributed by atoms with Gasteiger partial charge in [-0.1, -0.05) is 26.0 Å². The van der Waals surface area contributed by atoms with Gasteiger partial charge < -0.3 is 15.1 Å². The highest BCUT2D eigenvalue weighted by molar-refractivity contribution is 7.92. The first-order chi connectivity index (χ1) is 16.6. The molecule has 0 aromatic heterocycles. The molecule has 9 nitrogen and oxygen atoms in total. The van der Waals surface area contributed by atoms with E-state index in [2.05, 4.69) is 4.72 Å². The Hall–Kier alpha value is -3.61. The Kier molecular flexibility index (Phi) is 10.9. The number of aromatic carboxylic acids is 1. The number of aliphatic carboxylic acids is 1. The molecule has 0 aliphatic carbocycles. The number of carboxylic acid groups (broad SMARTS) is 2. The van der Waals surface area contributed by atoms with Crippen molar-refractivity contribution in [1.82, 2.24) is 0 Å². The Morgan fingerprint density at radius 1 is 0.944 bits per heavy atom. The largest absolute Gasteiger partial charge is 0.490 e. The molecule has 198 valence electrons. The number of alkyl halides is 3. The van der Waals surface area contributed by atoms with Crippen LogP contribution >= 0.6 is 0 Å². The van der Waals surface area contributed by atoms with Gasteiger partial charge in [0.05, 0.1) is 16.1 Å². The molecule has 2 aromatic carbocycles. The molecule has 0 spiro atoms. The first kappa shape index (κ1) is 30.4. The molecule has 2 aromatic rings. The van der Waals surface area contributed by atoms with Crippen LogP contribution in [0.3, 0.4) is 0 Å². The summed E-state index contributed by atoms with van der Waals surface area (Å²) in [5, 5.41) is 16.8. The Balaban J connectivity index is 0.000000809. The second-order valence-electron chi connectivity index (χ2n) is 7.51. The van der Waals surface area contributed by atoms with Gasteiger partial charge in [0.2, 0.25) is 0 Å². The predicted octanol–water partition coefficient (Wildman–Crippen LogP) is 4.65. The molecular formula is C23H27F3N2O7S. The zero-order valence-electron chi connectivity index (χ0n) is 19.8.